The standard InChI is InChI=1S/C13H19BrN2O/c1-9-7-10(15)5-6-16(9)11-3-4-12(14)13(8-11)17-2/h3-4,8-10H,5-7,15H2,1-2H3. The second kappa shape index (κ2) is 5.27. The Morgan fingerprint density at radius 3 is 2.88 bits per heavy atom. The molecule has 4 heteroatoms. The molecule has 1 fully saturated rings. The SMILES string of the molecule is COc1cc(N2CCC(N)CC2C)ccc1Br. The van der Waals surface area contributed by atoms with Crippen molar-refractivity contribution in [2.75, 3.05) is 18.6 Å². The lowest BCUT2D eigenvalue weighted by Crippen LogP contribution is -2.45. The minimum absolute atomic E-state index is 0.346. The van der Waals surface area contributed by atoms with Gasteiger partial charge in [-0.1, -0.05) is 0 Å². The van der Waals surface area contributed by atoms with E-state index in [9.17, 15) is 0 Å². The maximum Gasteiger partial charge on any atom is 0.135 e. The molecule has 0 spiro atoms. The van der Waals surface area contributed by atoms with Crippen molar-refractivity contribution in [2.45, 2.75) is 31.8 Å². The molecule has 1 aliphatic heterocycles. The summed E-state index contributed by atoms with van der Waals surface area (Å²) in [6.45, 7) is 3.25. The molecular formula is C13H19BrN2O. The van der Waals surface area contributed by atoms with Gasteiger partial charge in [0.1, 0.15) is 5.75 Å². The van der Waals surface area contributed by atoms with Gasteiger partial charge in [0.2, 0.25) is 0 Å². The highest BCUT2D eigenvalue weighted by atomic mass is 79.9. The van der Waals surface area contributed by atoms with Gasteiger partial charge in [-0.15, -0.1) is 0 Å². The number of hydrogen-bond donors (Lipinski definition) is 1. The van der Waals surface area contributed by atoms with Gasteiger partial charge in [0, 0.05) is 30.4 Å². The molecule has 0 amide bonds. The summed E-state index contributed by atoms with van der Waals surface area (Å²) in [7, 11) is 1.69. The monoisotopic (exact) mass is 298 g/mol. The normalized spacial score (nSPS) is 24.8. The molecule has 3 nitrogen and oxygen atoms in total. The van der Waals surface area contributed by atoms with Gasteiger partial charge in [-0.2, -0.15) is 0 Å². The molecule has 2 N–H and O–H groups in total. The Morgan fingerprint density at radius 2 is 2.24 bits per heavy atom. The zero-order valence-corrected chi connectivity index (χ0v) is 11.9. The van der Waals surface area contributed by atoms with E-state index < -0.39 is 0 Å². The summed E-state index contributed by atoms with van der Waals surface area (Å²) in [6, 6.07) is 7.08. The van der Waals surface area contributed by atoms with Crippen molar-refractivity contribution in [1.29, 1.82) is 0 Å². The number of hydrogen-bond acceptors (Lipinski definition) is 3. The van der Waals surface area contributed by atoms with E-state index in [2.05, 4.69) is 39.9 Å². The third kappa shape index (κ3) is 2.75. The Morgan fingerprint density at radius 1 is 1.47 bits per heavy atom. The molecule has 0 saturated carbocycles. The predicted octanol–water partition coefficient (Wildman–Crippen LogP) is 2.77. The fraction of sp³-hybridized carbons (Fsp3) is 0.538. The van der Waals surface area contributed by atoms with Crippen LogP contribution in [0.25, 0.3) is 0 Å². The van der Waals surface area contributed by atoms with Gasteiger partial charge in [0.25, 0.3) is 0 Å². The Hall–Kier alpha value is -0.740. The van der Waals surface area contributed by atoms with Gasteiger partial charge in [-0.3, -0.25) is 0 Å². The van der Waals surface area contributed by atoms with Gasteiger partial charge >= 0.3 is 0 Å². The van der Waals surface area contributed by atoms with E-state index in [4.69, 9.17) is 10.5 Å². The molecule has 2 atom stereocenters. The molecule has 17 heavy (non-hydrogen) atoms. The Kier molecular flexibility index (Phi) is 3.94. The van der Waals surface area contributed by atoms with Gasteiger partial charge in [-0.05, 0) is 47.8 Å². The van der Waals surface area contributed by atoms with Crippen molar-refractivity contribution in [3.63, 3.8) is 0 Å². The summed E-state index contributed by atoms with van der Waals surface area (Å²) < 4.78 is 6.33. The topological polar surface area (TPSA) is 38.5 Å². The number of rotatable bonds is 2. The van der Waals surface area contributed by atoms with Crippen LogP contribution in [0.3, 0.4) is 0 Å². The Bertz CT molecular complexity index is 397. The van der Waals surface area contributed by atoms with Crippen LogP contribution in [0.15, 0.2) is 22.7 Å². The van der Waals surface area contributed by atoms with Crippen molar-refractivity contribution in [2.24, 2.45) is 5.73 Å². The summed E-state index contributed by atoms with van der Waals surface area (Å²) in [5.74, 6) is 0.879. The number of benzene rings is 1. The maximum atomic E-state index is 5.99. The van der Waals surface area contributed by atoms with E-state index in [-0.39, 0.29) is 0 Å². The zero-order chi connectivity index (χ0) is 12.4. The third-order valence-corrected chi connectivity index (χ3v) is 4.04. The molecule has 1 heterocycles. The number of anilines is 1. The van der Waals surface area contributed by atoms with Gasteiger partial charge in [0.15, 0.2) is 0 Å². The average molecular weight is 299 g/mol. The van der Waals surface area contributed by atoms with Crippen molar-refractivity contribution < 1.29 is 4.74 Å². The molecule has 0 radical (unpaired) electrons. The highest BCUT2D eigenvalue weighted by Gasteiger charge is 2.23. The van der Waals surface area contributed by atoms with Crippen LogP contribution in [0.2, 0.25) is 0 Å². The molecule has 2 unspecified atom stereocenters. The highest BCUT2D eigenvalue weighted by molar-refractivity contribution is 9.10. The highest BCUT2D eigenvalue weighted by Crippen LogP contribution is 2.32. The first-order chi connectivity index (χ1) is 8.11. The lowest BCUT2D eigenvalue weighted by Gasteiger charge is -2.38. The fourth-order valence-corrected chi connectivity index (χ4v) is 2.83. The van der Waals surface area contributed by atoms with Crippen LogP contribution in [0.5, 0.6) is 5.75 Å². The molecular weight excluding hydrogens is 280 g/mol. The molecule has 1 aromatic carbocycles. The van der Waals surface area contributed by atoms with Crippen LogP contribution < -0.4 is 15.4 Å². The minimum atomic E-state index is 0.346. The van der Waals surface area contributed by atoms with Crippen LogP contribution in [0.1, 0.15) is 19.8 Å². The zero-order valence-electron chi connectivity index (χ0n) is 10.3. The van der Waals surface area contributed by atoms with Crippen LogP contribution in [0, 0.1) is 0 Å². The van der Waals surface area contributed by atoms with Gasteiger partial charge in [0.05, 0.1) is 11.6 Å². The number of nitrogens with two attached hydrogens (primary N) is 1. The van der Waals surface area contributed by atoms with Gasteiger partial charge in [-0.25, -0.2) is 0 Å². The lowest BCUT2D eigenvalue weighted by molar-refractivity contribution is 0.409. The number of ether oxygens (including phenoxy) is 1. The first-order valence-corrected chi connectivity index (χ1v) is 6.77. The van der Waals surface area contributed by atoms with Gasteiger partial charge < -0.3 is 15.4 Å². The average Bonchev–Trinajstić information content (AvgIpc) is 2.30. The van der Waals surface area contributed by atoms with E-state index in [1.165, 1.54) is 5.69 Å². The van der Waals surface area contributed by atoms with E-state index in [0.29, 0.717) is 12.1 Å². The summed E-state index contributed by atoms with van der Waals surface area (Å²) in [5, 5.41) is 0. The largest absolute Gasteiger partial charge is 0.495 e. The van der Waals surface area contributed by atoms with E-state index in [0.717, 1.165) is 29.6 Å². The second-order valence-corrected chi connectivity index (χ2v) is 5.50. The summed E-state index contributed by atoms with van der Waals surface area (Å²) >= 11 is 3.48. The molecule has 0 bridgehead atoms. The van der Waals surface area contributed by atoms with E-state index in [1.54, 1.807) is 7.11 Å². The molecule has 94 valence electrons. The molecule has 1 aliphatic rings. The van der Waals surface area contributed by atoms with Crippen LogP contribution in [-0.4, -0.2) is 25.7 Å². The second-order valence-electron chi connectivity index (χ2n) is 4.65. The van der Waals surface area contributed by atoms with Crippen LogP contribution >= 0.6 is 15.9 Å². The maximum absolute atomic E-state index is 5.99. The quantitative estimate of drug-likeness (QED) is 0.912. The molecule has 2 rings (SSSR count). The van der Waals surface area contributed by atoms with Crippen molar-refractivity contribution in [1.82, 2.24) is 0 Å². The Balaban J connectivity index is 2.22. The first kappa shape index (κ1) is 12.7. The van der Waals surface area contributed by atoms with E-state index in [1.807, 2.05) is 6.07 Å². The fourth-order valence-electron chi connectivity index (χ4n) is 2.42. The minimum Gasteiger partial charge on any atom is -0.495 e. The van der Waals surface area contributed by atoms with Crippen molar-refractivity contribution in [3.8, 4) is 5.75 Å². The first-order valence-electron chi connectivity index (χ1n) is 5.97. The van der Waals surface area contributed by atoms with Crippen molar-refractivity contribution in [3.05, 3.63) is 22.7 Å². The molecule has 0 aromatic heterocycles. The smallest absolute Gasteiger partial charge is 0.135 e. The van der Waals surface area contributed by atoms with E-state index >= 15 is 0 Å². The number of methoxy groups -OCH3 is 1. The number of piperidine rings is 1. The lowest BCUT2D eigenvalue weighted by atomic mass is 9.98. The van der Waals surface area contributed by atoms with Crippen molar-refractivity contribution >= 4 is 21.6 Å². The predicted molar refractivity (Wildman–Crippen MR) is 74.7 cm³/mol. The van der Waals surface area contributed by atoms with Crippen LogP contribution in [-0.2, 0) is 0 Å². The summed E-state index contributed by atoms with van der Waals surface area (Å²) in [5.41, 5.74) is 7.20. The number of nitrogens with zero attached hydrogens (tertiary/aromatic N) is 1. The summed E-state index contributed by atoms with van der Waals surface area (Å²) in [4.78, 5) is 2.40. The third-order valence-electron chi connectivity index (χ3n) is 3.38. The molecule has 0 aliphatic carbocycles. The Labute approximate surface area is 111 Å². The van der Waals surface area contributed by atoms with Crippen LogP contribution in [0.4, 0.5) is 5.69 Å². The molecule has 1 aromatic rings. The molecule has 1 saturated heterocycles. The summed E-state index contributed by atoms with van der Waals surface area (Å²) in [6.07, 6.45) is 2.11. The number of halogens is 1.